The van der Waals surface area contributed by atoms with Gasteiger partial charge in [-0.05, 0) is 31.2 Å². The van der Waals surface area contributed by atoms with E-state index in [1.165, 1.54) is 4.90 Å². The highest BCUT2D eigenvalue weighted by molar-refractivity contribution is 5.96. The van der Waals surface area contributed by atoms with Crippen molar-refractivity contribution in [1.82, 2.24) is 10.2 Å². The fourth-order valence-electron chi connectivity index (χ4n) is 1.58. The number of benzene rings is 1. The molecule has 1 aromatic rings. The van der Waals surface area contributed by atoms with Crippen LogP contribution in [0.25, 0.3) is 0 Å². The van der Waals surface area contributed by atoms with Crippen LogP contribution in [0.1, 0.15) is 17.3 Å². The van der Waals surface area contributed by atoms with Crippen molar-refractivity contribution in [3.63, 3.8) is 0 Å². The Morgan fingerprint density at radius 1 is 1.40 bits per heavy atom. The van der Waals surface area contributed by atoms with Crippen molar-refractivity contribution in [3.8, 4) is 6.07 Å². The highest BCUT2D eigenvalue weighted by Crippen LogP contribution is 2.05. The van der Waals surface area contributed by atoms with Crippen molar-refractivity contribution < 1.29 is 9.59 Å². The number of amides is 2. The van der Waals surface area contributed by atoms with Crippen LogP contribution in [0.2, 0.25) is 0 Å². The average molecular weight is 274 g/mol. The predicted octanol–water partition coefficient (Wildman–Crippen LogP) is 0.617. The van der Waals surface area contributed by atoms with Crippen LogP contribution in [0.3, 0.4) is 0 Å². The van der Waals surface area contributed by atoms with Crippen LogP contribution < -0.4 is 11.1 Å². The molecule has 0 spiro atoms. The van der Waals surface area contributed by atoms with Gasteiger partial charge in [0.25, 0.3) is 5.91 Å². The van der Waals surface area contributed by atoms with Crippen molar-refractivity contribution in [2.45, 2.75) is 6.92 Å². The smallest absolute Gasteiger partial charge is 0.251 e. The van der Waals surface area contributed by atoms with Crippen LogP contribution in [0.15, 0.2) is 24.3 Å². The Labute approximate surface area is 118 Å². The molecule has 6 heteroatoms. The van der Waals surface area contributed by atoms with E-state index in [2.05, 4.69) is 11.4 Å². The first-order valence-corrected chi connectivity index (χ1v) is 6.21. The summed E-state index contributed by atoms with van der Waals surface area (Å²) in [6.07, 6.45) is 0. The fraction of sp³-hybridized carbons (Fsp3) is 0.357. The van der Waals surface area contributed by atoms with Crippen molar-refractivity contribution in [2.24, 2.45) is 5.92 Å². The van der Waals surface area contributed by atoms with E-state index in [4.69, 9.17) is 11.0 Å². The van der Waals surface area contributed by atoms with Gasteiger partial charge in [-0.2, -0.15) is 5.26 Å². The van der Waals surface area contributed by atoms with Crippen LogP contribution >= 0.6 is 0 Å². The summed E-state index contributed by atoms with van der Waals surface area (Å²) in [5, 5.41) is 11.2. The van der Waals surface area contributed by atoms with Crippen LogP contribution in [0.4, 0.5) is 5.69 Å². The van der Waals surface area contributed by atoms with E-state index < -0.39 is 0 Å². The number of hydrogen-bond donors (Lipinski definition) is 2. The molecule has 1 unspecified atom stereocenters. The third-order valence-corrected chi connectivity index (χ3v) is 2.77. The third kappa shape index (κ3) is 4.61. The molecule has 6 nitrogen and oxygen atoms in total. The van der Waals surface area contributed by atoms with Crippen LogP contribution in [0.5, 0.6) is 0 Å². The van der Waals surface area contributed by atoms with Gasteiger partial charge in [0, 0.05) is 24.8 Å². The monoisotopic (exact) mass is 274 g/mol. The first-order chi connectivity index (χ1) is 9.43. The largest absolute Gasteiger partial charge is 0.399 e. The van der Waals surface area contributed by atoms with Crippen molar-refractivity contribution >= 4 is 17.5 Å². The van der Waals surface area contributed by atoms with E-state index in [0.717, 1.165) is 0 Å². The topological polar surface area (TPSA) is 99.2 Å². The van der Waals surface area contributed by atoms with E-state index >= 15 is 0 Å². The normalized spacial score (nSPS) is 11.2. The van der Waals surface area contributed by atoms with Crippen molar-refractivity contribution in [1.29, 1.82) is 5.26 Å². The summed E-state index contributed by atoms with van der Waals surface area (Å²) in [6.45, 7) is 1.97. The van der Waals surface area contributed by atoms with E-state index in [1.807, 2.05) is 0 Å². The minimum atomic E-state index is -0.333. The summed E-state index contributed by atoms with van der Waals surface area (Å²) in [5.74, 6) is -0.812. The third-order valence-electron chi connectivity index (χ3n) is 2.77. The van der Waals surface area contributed by atoms with Crippen molar-refractivity contribution in [2.75, 3.05) is 25.9 Å². The number of rotatable bonds is 5. The fourth-order valence-corrected chi connectivity index (χ4v) is 1.58. The first kappa shape index (κ1) is 15.5. The first-order valence-electron chi connectivity index (χ1n) is 6.21. The van der Waals surface area contributed by atoms with Gasteiger partial charge in [0.2, 0.25) is 5.91 Å². The number of nitrogens with zero attached hydrogens (tertiary/aromatic N) is 2. The number of anilines is 1. The standard InChI is InChI=1S/C14H18N4O2/c1-10(7-15)9-18(2)13(19)8-17-14(20)11-3-5-12(16)6-4-11/h3-6,10H,8-9,16H2,1-2H3,(H,17,20). The van der Waals surface area contributed by atoms with Gasteiger partial charge in [-0.15, -0.1) is 0 Å². The summed E-state index contributed by atoms with van der Waals surface area (Å²) < 4.78 is 0. The molecule has 106 valence electrons. The van der Waals surface area contributed by atoms with Crippen LogP contribution in [0, 0.1) is 17.2 Å². The van der Waals surface area contributed by atoms with E-state index in [1.54, 1.807) is 38.2 Å². The lowest BCUT2D eigenvalue weighted by Crippen LogP contribution is -2.39. The Kier molecular flexibility index (Phi) is 5.54. The zero-order valence-corrected chi connectivity index (χ0v) is 11.6. The number of likely N-dealkylation sites (N-methyl/N-ethyl adjacent to an activating group) is 1. The summed E-state index contributed by atoms with van der Waals surface area (Å²) in [6, 6.07) is 8.49. The Balaban J connectivity index is 2.46. The summed E-state index contributed by atoms with van der Waals surface area (Å²) in [7, 11) is 1.60. The maximum absolute atomic E-state index is 11.8. The van der Waals surface area contributed by atoms with Gasteiger partial charge in [0.1, 0.15) is 0 Å². The van der Waals surface area contributed by atoms with Gasteiger partial charge in [0.15, 0.2) is 0 Å². The maximum atomic E-state index is 11.8. The second-order valence-electron chi connectivity index (χ2n) is 4.61. The van der Waals surface area contributed by atoms with Gasteiger partial charge >= 0.3 is 0 Å². The molecule has 1 rings (SSSR count). The Bertz CT molecular complexity index is 519. The highest BCUT2D eigenvalue weighted by atomic mass is 16.2. The minimum absolute atomic E-state index is 0.0993. The van der Waals surface area contributed by atoms with Crippen molar-refractivity contribution in [3.05, 3.63) is 29.8 Å². The summed E-state index contributed by atoms with van der Waals surface area (Å²) in [5.41, 5.74) is 6.55. The molecule has 0 heterocycles. The molecule has 1 atom stereocenters. The lowest BCUT2D eigenvalue weighted by molar-refractivity contribution is -0.129. The number of nitrogens with one attached hydrogen (secondary N) is 1. The van der Waals surface area contributed by atoms with Gasteiger partial charge in [-0.25, -0.2) is 0 Å². The lowest BCUT2D eigenvalue weighted by Gasteiger charge is -2.18. The van der Waals surface area contributed by atoms with Gasteiger partial charge in [0.05, 0.1) is 18.5 Å². The highest BCUT2D eigenvalue weighted by Gasteiger charge is 2.13. The zero-order chi connectivity index (χ0) is 15.1. The number of carbonyl (C=O) groups excluding carboxylic acids is 2. The molecule has 0 radical (unpaired) electrons. The summed E-state index contributed by atoms with van der Waals surface area (Å²) >= 11 is 0. The lowest BCUT2D eigenvalue weighted by atomic mass is 10.2. The van der Waals surface area contributed by atoms with E-state index in [0.29, 0.717) is 17.8 Å². The number of nitriles is 1. The molecule has 3 N–H and O–H groups in total. The molecule has 0 aliphatic rings. The second-order valence-corrected chi connectivity index (χ2v) is 4.61. The predicted molar refractivity (Wildman–Crippen MR) is 75.6 cm³/mol. The molecule has 20 heavy (non-hydrogen) atoms. The maximum Gasteiger partial charge on any atom is 0.251 e. The number of hydrogen-bond acceptors (Lipinski definition) is 4. The van der Waals surface area contributed by atoms with E-state index in [-0.39, 0.29) is 24.3 Å². The molecule has 0 saturated heterocycles. The van der Waals surface area contributed by atoms with Crippen LogP contribution in [-0.4, -0.2) is 36.9 Å². The van der Waals surface area contributed by atoms with Gasteiger partial charge in [-0.1, -0.05) is 0 Å². The molecule has 0 aliphatic carbocycles. The zero-order valence-electron chi connectivity index (χ0n) is 11.6. The molecule has 2 amide bonds. The van der Waals surface area contributed by atoms with E-state index in [9.17, 15) is 9.59 Å². The Morgan fingerprint density at radius 2 is 2.00 bits per heavy atom. The van der Waals surface area contributed by atoms with Gasteiger partial charge in [-0.3, -0.25) is 9.59 Å². The van der Waals surface area contributed by atoms with Gasteiger partial charge < -0.3 is 16.0 Å². The Hall–Kier alpha value is -2.55. The molecule has 0 aromatic heterocycles. The molecular weight excluding hydrogens is 256 g/mol. The quantitative estimate of drug-likeness (QED) is 0.769. The molecular formula is C14H18N4O2. The minimum Gasteiger partial charge on any atom is -0.399 e. The SMILES string of the molecule is CC(C#N)CN(C)C(=O)CNC(=O)c1ccc(N)cc1. The Morgan fingerprint density at radius 3 is 2.55 bits per heavy atom. The average Bonchev–Trinajstić information content (AvgIpc) is 2.44. The molecule has 0 aliphatic heterocycles. The molecule has 0 fully saturated rings. The molecule has 0 bridgehead atoms. The molecule has 0 saturated carbocycles. The number of nitrogens with two attached hydrogens (primary N) is 1. The molecule has 1 aromatic carbocycles. The second kappa shape index (κ2) is 7.14. The summed E-state index contributed by atoms with van der Waals surface area (Å²) in [4.78, 5) is 25.0. The number of carbonyl (C=O) groups is 2. The number of nitrogen functional groups attached to an aromatic ring is 1. The van der Waals surface area contributed by atoms with Crippen LogP contribution in [-0.2, 0) is 4.79 Å².